The van der Waals surface area contributed by atoms with Gasteiger partial charge in [0.15, 0.2) is 0 Å². The molecule has 66 valence electrons. The predicted octanol–water partition coefficient (Wildman–Crippen LogP) is 0.675. The van der Waals surface area contributed by atoms with Crippen molar-refractivity contribution in [1.82, 2.24) is 5.32 Å². The number of hydrogen-bond donors (Lipinski definition) is 2. The van der Waals surface area contributed by atoms with E-state index in [0.717, 1.165) is 11.8 Å². The Labute approximate surface area is 73.3 Å². The molecule has 0 saturated heterocycles. The number of thioether (sulfide) groups is 1. The minimum Gasteiger partial charge on any atom is -0.327 e. The molecule has 0 amide bonds. The number of nitrogens with one attached hydrogen (secondary N) is 1. The molecule has 3 atom stereocenters. The first-order valence-corrected chi connectivity index (χ1v) is 5.49. The van der Waals surface area contributed by atoms with Gasteiger partial charge in [-0.2, -0.15) is 11.8 Å². The molecule has 0 aromatic carbocycles. The first-order chi connectivity index (χ1) is 5.27. The summed E-state index contributed by atoms with van der Waals surface area (Å²) in [5, 5.41) is 4.00. The third-order valence-corrected chi connectivity index (χ3v) is 3.56. The first-order valence-electron chi connectivity index (χ1n) is 4.21. The fraction of sp³-hybridized carbons (Fsp3) is 1.00. The highest BCUT2D eigenvalue weighted by atomic mass is 32.2. The molecule has 0 aromatic rings. The zero-order chi connectivity index (χ0) is 8.27. The van der Waals surface area contributed by atoms with Crippen LogP contribution >= 0.6 is 11.8 Å². The summed E-state index contributed by atoms with van der Waals surface area (Å²) in [6, 6.07) is 0.430. The van der Waals surface area contributed by atoms with Crippen LogP contribution in [0.15, 0.2) is 0 Å². The van der Waals surface area contributed by atoms with Crippen molar-refractivity contribution in [3.63, 3.8) is 0 Å². The van der Waals surface area contributed by atoms with Crippen molar-refractivity contribution in [1.29, 1.82) is 0 Å². The Kier molecular flexibility index (Phi) is 3.69. The SMILES string of the molecule is CNCC1CC(SC)CC1N. The van der Waals surface area contributed by atoms with Gasteiger partial charge in [-0.1, -0.05) is 0 Å². The fourth-order valence-corrected chi connectivity index (χ4v) is 2.65. The van der Waals surface area contributed by atoms with E-state index in [9.17, 15) is 0 Å². The summed E-state index contributed by atoms with van der Waals surface area (Å²) in [4.78, 5) is 0. The van der Waals surface area contributed by atoms with Crippen LogP contribution in [-0.2, 0) is 0 Å². The van der Waals surface area contributed by atoms with Crippen LogP contribution in [0.5, 0.6) is 0 Å². The van der Waals surface area contributed by atoms with E-state index >= 15 is 0 Å². The Bertz CT molecular complexity index is 119. The van der Waals surface area contributed by atoms with Crippen LogP contribution in [0.4, 0.5) is 0 Å². The Morgan fingerprint density at radius 2 is 2.27 bits per heavy atom. The normalized spacial score (nSPS) is 37.9. The molecule has 2 nitrogen and oxygen atoms in total. The number of rotatable bonds is 3. The minimum absolute atomic E-state index is 0.430. The number of nitrogens with two attached hydrogens (primary N) is 1. The molecule has 1 fully saturated rings. The molecule has 0 bridgehead atoms. The van der Waals surface area contributed by atoms with Gasteiger partial charge in [-0.25, -0.2) is 0 Å². The van der Waals surface area contributed by atoms with Crippen LogP contribution in [0, 0.1) is 5.92 Å². The largest absolute Gasteiger partial charge is 0.327 e. The van der Waals surface area contributed by atoms with Crippen molar-refractivity contribution in [3.8, 4) is 0 Å². The summed E-state index contributed by atoms with van der Waals surface area (Å²) < 4.78 is 0. The molecule has 0 spiro atoms. The highest BCUT2D eigenvalue weighted by Gasteiger charge is 2.30. The van der Waals surface area contributed by atoms with Crippen molar-refractivity contribution >= 4 is 11.8 Å². The maximum Gasteiger partial charge on any atom is 0.00902 e. The monoisotopic (exact) mass is 174 g/mol. The van der Waals surface area contributed by atoms with Crippen molar-refractivity contribution in [2.45, 2.75) is 24.1 Å². The van der Waals surface area contributed by atoms with Crippen molar-refractivity contribution in [3.05, 3.63) is 0 Å². The third kappa shape index (κ3) is 2.36. The molecule has 3 heteroatoms. The van der Waals surface area contributed by atoms with Crippen LogP contribution in [0.3, 0.4) is 0 Å². The molecule has 0 heterocycles. The minimum atomic E-state index is 0.430. The lowest BCUT2D eigenvalue weighted by Crippen LogP contribution is -2.31. The molecule has 0 radical (unpaired) electrons. The van der Waals surface area contributed by atoms with E-state index in [1.165, 1.54) is 12.8 Å². The molecule has 3 N–H and O–H groups in total. The summed E-state index contributed by atoms with van der Waals surface area (Å²) in [7, 11) is 2.00. The van der Waals surface area contributed by atoms with Crippen molar-refractivity contribution < 1.29 is 0 Å². The van der Waals surface area contributed by atoms with E-state index in [4.69, 9.17) is 5.73 Å². The molecule has 1 saturated carbocycles. The molecule has 3 unspecified atom stereocenters. The second-order valence-corrected chi connectivity index (χ2v) is 4.45. The summed E-state index contributed by atoms with van der Waals surface area (Å²) in [6.07, 6.45) is 4.68. The van der Waals surface area contributed by atoms with Gasteiger partial charge in [0.2, 0.25) is 0 Å². The van der Waals surface area contributed by atoms with Gasteiger partial charge in [0.25, 0.3) is 0 Å². The van der Waals surface area contributed by atoms with E-state index in [2.05, 4.69) is 11.6 Å². The molecular formula is C8H18N2S. The smallest absolute Gasteiger partial charge is 0.00902 e. The second-order valence-electron chi connectivity index (χ2n) is 3.31. The van der Waals surface area contributed by atoms with Crippen molar-refractivity contribution in [2.75, 3.05) is 19.8 Å². The molecule has 0 aromatic heterocycles. The molecular weight excluding hydrogens is 156 g/mol. The van der Waals surface area contributed by atoms with E-state index in [-0.39, 0.29) is 0 Å². The topological polar surface area (TPSA) is 38.0 Å². The van der Waals surface area contributed by atoms with Gasteiger partial charge >= 0.3 is 0 Å². The van der Waals surface area contributed by atoms with E-state index in [1.54, 1.807) is 0 Å². The summed E-state index contributed by atoms with van der Waals surface area (Å²) in [5.74, 6) is 0.706. The highest BCUT2D eigenvalue weighted by Crippen LogP contribution is 2.31. The van der Waals surface area contributed by atoms with Gasteiger partial charge in [0.05, 0.1) is 0 Å². The zero-order valence-electron chi connectivity index (χ0n) is 7.34. The summed E-state index contributed by atoms with van der Waals surface area (Å²) in [6.45, 7) is 1.08. The van der Waals surface area contributed by atoms with Gasteiger partial charge in [-0.3, -0.25) is 0 Å². The Morgan fingerprint density at radius 3 is 2.73 bits per heavy atom. The van der Waals surface area contributed by atoms with E-state index in [1.807, 2.05) is 18.8 Å². The molecule has 0 aliphatic heterocycles. The molecule has 1 aliphatic carbocycles. The lowest BCUT2D eigenvalue weighted by Gasteiger charge is -2.13. The predicted molar refractivity (Wildman–Crippen MR) is 51.9 cm³/mol. The average molecular weight is 174 g/mol. The van der Waals surface area contributed by atoms with Gasteiger partial charge in [0.1, 0.15) is 0 Å². The van der Waals surface area contributed by atoms with Crippen LogP contribution in [-0.4, -0.2) is 31.1 Å². The third-order valence-electron chi connectivity index (χ3n) is 2.51. The Balaban J connectivity index is 2.32. The summed E-state index contributed by atoms with van der Waals surface area (Å²) >= 11 is 1.96. The van der Waals surface area contributed by atoms with Crippen LogP contribution in [0.1, 0.15) is 12.8 Å². The van der Waals surface area contributed by atoms with Gasteiger partial charge in [-0.15, -0.1) is 0 Å². The van der Waals surface area contributed by atoms with Crippen LogP contribution in [0.2, 0.25) is 0 Å². The van der Waals surface area contributed by atoms with Gasteiger partial charge in [0, 0.05) is 11.3 Å². The molecule has 1 aliphatic rings. The van der Waals surface area contributed by atoms with E-state index < -0.39 is 0 Å². The maximum absolute atomic E-state index is 5.98. The quantitative estimate of drug-likeness (QED) is 0.660. The maximum atomic E-state index is 5.98. The fourth-order valence-electron chi connectivity index (χ4n) is 1.79. The van der Waals surface area contributed by atoms with E-state index in [0.29, 0.717) is 12.0 Å². The number of hydrogen-bond acceptors (Lipinski definition) is 3. The standard InChI is InChI=1S/C8H18N2S/c1-10-5-6-3-7(11-2)4-8(6)9/h6-8,10H,3-5,9H2,1-2H3. The lowest BCUT2D eigenvalue weighted by atomic mass is 10.1. The van der Waals surface area contributed by atoms with Gasteiger partial charge in [-0.05, 0) is 38.6 Å². The summed E-state index contributed by atoms with van der Waals surface area (Å²) in [5.41, 5.74) is 5.98. The molecule has 1 rings (SSSR count). The Morgan fingerprint density at radius 1 is 1.55 bits per heavy atom. The van der Waals surface area contributed by atoms with Crippen LogP contribution < -0.4 is 11.1 Å². The second kappa shape index (κ2) is 4.33. The van der Waals surface area contributed by atoms with Gasteiger partial charge < -0.3 is 11.1 Å². The Hall–Kier alpha value is 0.270. The zero-order valence-corrected chi connectivity index (χ0v) is 8.16. The molecule has 11 heavy (non-hydrogen) atoms. The first kappa shape index (κ1) is 9.36. The highest BCUT2D eigenvalue weighted by molar-refractivity contribution is 7.99. The van der Waals surface area contributed by atoms with Crippen molar-refractivity contribution in [2.24, 2.45) is 11.7 Å². The average Bonchev–Trinajstić information content (AvgIpc) is 2.33. The van der Waals surface area contributed by atoms with Crippen LogP contribution in [0.25, 0.3) is 0 Å². The lowest BCUT2D eigenvalue weighted by molar-refractivity contribution is 0.460.